The molecule has 1 aromatic carbocycles. The van der Waals surface area contributed by atoms with Crippen molar-refractivity contribution in [1.82, 2.24) is 0 Å². The Hall–Kier alpha value is -1.29. The van der Waals surface area contributed by atoms with E-state index in [4.69, 9.17) is 20.8 Å². The van der Waals surface area contributed by atoms with Gasteiger partial charge in [-0.3, -0.25) is 0 Å². The molecule has 1 saturated heterocycles. The monoisotopic (exact) mass is 306 g/mol. The summed E-state index contributed by atoms with van der Waals surface area (Å²) < 4.78 is 11.6. The van der Waals surface area contributed by atoms with Crippen LogP contribution in [-0.4, -0.2) is 19.3 Å². The molecule has 0 amide bonds. The minimum absolute atomic E-state index is 0.412. The highest BCUT2D eigenvalue weighted by Crippen LogP contribution is 2.29. The fourth-order valence-electron chi connectivity index (χ4n) is 2.75. The van der Waals surface area contributed by atoms with Gasteiger partial charge in [-0.15, -0.1) is 0 Å². The highest BCUT2D eigenvalue weighted by atomic mass is 35.5. The lowest BCUT2D eigenvalue weighted by molar-refractivity contribution is -0.677. The SMILES string of the molecule is Cc1c(Cl)cccc1-c1ccc(C[NH2+]C[C@H]2CCCO2)o1. The van der Waals surface area contributed by atoms with E-state index in [0.29, 0.717) is 6.10 Å². The number of hydrogen-bond acceptors (Lipinski definition) is 2. The Morgan fingerprint density at radius 2 is 2.19 bits per heavy atom. The van der Waals surface area contributed by atoms with Gasteiger partial charge in [-0.05, 0) is 43.5 Å². The molecule has 4 heteroatoms. The summed E-state index contributed by atoms with van der Waals surface area (Å²) in [7, 11) is 0. The van der Waals surface area contributed by atoms with Crippen molar-refractivity contribution in [3.63, 3.8) is 0 Å². The predicted molar refractivity (Wildman–Crippen MR) is 83.4 cm³/mol. The summed E-state index contributed by atoms with van der Waals surface area (Å²) in [5.41, 5.74) is 2.12. The smallest absolute Gasteiger partial charge is 0.158 e. The lowest BCUT2D eigenvalue weighted by Crippen LogP contribution is -2.84. The third kappa shape index (κ3) is 3.49. The third-order valence-electron chi connectivity index (χ3n) is 3.99. The fraction of sp³-hybridized carbons (Fsp3) is 0.412. The van der Waals surface area contributed by atoms with Crippen LogP contribution < -0.4 is 5.32 Å². The fourth-order valence-corrected chi connectivity index (χ4v) is 2.92. The van der Waals surface area contributed by atoms with Crippen LogP contribution in [0.3, 0.4) is 0 Å². The van der Waals surface area contributed by atoms with Crippen LogP contribution in [0.1, 0.15) is 24.2 Å². The van der Waals surface area contributed by atoms with Gasteiger partial charge in [0.2, 0.25) is 0 Å². The molecular formula is C17H21ClNO2+. The van der Waals surface area contributed by atoms with E-state index in [-0.39, 0.29) is 0 Å². The van der Waals surface area contributed by atoms with Gasteiger partial charge in [0.1, 0.15) is 25.0 Å². The van der Waals surface area contributed by atoms with Crippen LogP contribution >= 0.6 is 11.6 Å². The van der Waals surface area contributed by atoms with Gasteiger partial charge in [0.05, 0.1) is 0 Å². The molecule has 0 radical (unpaired) electrons. The maximum Gasteiger partial charge on any atom is 0.158 e. The zero-order chi connectivity index (χ0) is 14.7. The highest BCUT2D eigenvalue weighted by molar-refractivity contribution is 6.31. The van der Waals surface area contributed by atoms with Crippen molar-refractivity contribution in [2.75, 3.05) is 13.2 Å². The zero-order valence-corrected chi connectivity index (χ0v) is 13.0. The maximum absolute atomic E-state index is 6.17. The summed E-state index contributed by atoms with van der Waals surface area (Å²) >= 11 is 6.17. The number of hydrogen-bond donors (Lipinski definition) is 1. The summed E-state index contributed by atoms with van der Waals surface area (Å²) in [6, 6.07) is 9.96. The largest absolute Gasteiger partial charge is 0.455 e. The molecule has 1 fully saturated rings. The lowest BCUT2D eigenvalue weighted by Gasteiger charge is -2.07. The highest BCUT2D eigenvalue weighted by Gasteiger charge is 2.17. The Balaban J connectivity index is 1.61. The van der Waals surface area contributed by atoms with E-state index in [1.54, 1.807) is 0 Å². The second kappa shape index (κ2) is 6.65. The van der Waals surface area contributed by atoms with Crippen molar-refractivity contribution >= 4 is 11.6 Å². The van der Waals surface area contributed by atoms with E-state index in [0.717, 1.165) is 47.4 Å². The Bertz CT molecular complexity index is 603. The molecule has 3 nitrogen and oxygen atoms in total. The van der Waals surface area contributed by atoms with Crippen molar-refractivity contribution in [3.8, 4) is 11.3 Å². The van der Waals surface area contributed by atoms with Crippen molar-refractivity contribution in [2.45, 2.75) is 32.4 Å². The summed E-state index contributed by atoms with van der Waals surface area (Å²) in [5, 5.41) is 3.03. The first-order valence-corrected chi connectivity index (χ1v) is 7.89. The molecule has 0 saturated carbocycles. The lowest BCUT2D eigenvalue weighted by atomic mass is 10.1. The zero-order valence-electron chi connectivity index (χ0n) is 12.3. The number of rotatable bonds is 5. The molecule has 112 valence electrons. The molecule has 0 aliphatic carbocycles. The molecule has 2 aromatic rings. The van der Waals surface area contributed by atoms with E-state index >= 15 is 0 Å². The Labute approximate surface area is 130 Å². The number of halogens is 1. The summed E-state index contributed by atoms with van der Waals surface area (Å²) in [4.78, 5) is 0. The molecule has 1 aliphatic heterocycles. The van der Waals surface area contributed by atoms with Crippen molar-refractivity contribution in [2.24, 2.45) is 0 Å². The molecule has 2 heterocycles. The van der Waals surface area contributed by atoms with Crippen molar-refractivity contribution in [3.05, 3.63) is 46.7 Å². The average Bonchev–Trinajstić information content (AvgIpc) is 3.14. The average molecular weight is 307 g/mol. The third-order valence-corrected chi connectivity index (χ3v) is 4.40. The van der Waals surface area contributed by atoms with Gasteiger partial charge < -0.3 is 14.5 Å². The number of quaternary nitrogens is 1. The van der Waals surface area contributed by atoms with Crippen molar-refractivity contribution < 1.29 is 14.5 Å². The Morgan fingerprint density at radius 3 is 3.00 bits per heavy atom. The van der Waals surface area contributed by atoms with Gasteiger partial charge in [-0.25, -0.2) is 0 Å². The van der Waals surface area contributed by atoms with E-state index in [2.05, 4.69) is 5.32 Å². The molecule has 0 bridgehead atoms. The number of ether oxygens (including phenoxy) is 1. The minimum atomic E-state index is 0.412. The first kappa shape index (κ1) is 14.6. The van der Waals surface area contributed by atoms with Gasteiger partial charge in [-0.1, -0.05) is 23.7 Å². The second-order valence-corrected chi connectivity index (χ2v) is 5.95. The molecule has 2 N–H and O–H groups in total. The molecular weight excluding hydrogens is 286 g/mol. The Morgan fingerprint density at radius 1 is 1.29 bits per heavy atom. The first-order valence-electron chi connectivity index (χ1n) is 7.51. The molecule has 3 rings (SSSR count). The van der Waals surface area contributed by atoms with Crippen LogP contribution in [0, 0.1) is 6.92 Å². The van der Waals surface area contributed by atoms with Crippen LogP contribution in [0.5, 0.6) is 0 Å². The second-order valence-electron chi connectivity index (χ2n) is 5.54. The normalized spacial score (nSPS) is 18.3. The van der Waals surface area contributed by atoms with Crippen LogP contribution in [0.4, 0.5) is 0 Å². The van der Waals surface area contributed by atoms with Crippen LogP contribution in [0.15, 0.2) is 34.7 Å². The first-order chi connectivity index (χ1) is 10.2. The minimum Gasteiger partial charge on any atom is -0.455 e. The van der Waals surface area contributed by atoms with Crippen molar-refractivity contribution in [1.29, 1.82) is 0 Å². The Kier molecular flexibility index (Phi) is 4.63. The van der Waals surface area contributed by atoms with E-state index in [1.807, 2.05) is 37.3 Å². The number of benzene rings is 1. The van der Waals surface area contributed by atoms with Gasteiger partial charge in [0.15, 0.2) is 5.76 Å². The van der Waals surface area contributed by atoms with Gasteiger partial charge in [0.25, 0.3) is 0 Å². The quantitative estimate of drug-likeness (QED) is 0.921. The standard InChI is InChI=1S/C17H20ClNO2/c1-12-15(5-2-6-16(12)18)17-8-7-14(21-17)11-19-10-13-4-3-9-20-13/h2,5-8,13,19H,3-4,9-11H2,1H3/p+1/t13-/m1/s1. The number of nitrogens with two attached hydrogens (primary N) is 1. The summed E-state index contributed by atoms with van der Waals surface area (Å²) in [6.45, 7) is 4.78. The maximum atomic E-state index is 6.17. The van der Waals surface area contributed by atoms with Crippen LogP contribution in [0.25, 0.3) is 11.3 Å². The number of furan rings is 1. The molecule has 0 spiro atoms. The topological polar surface area (TPSA) is 39.0 Å². The molecule has 1 aliphatic rings. The van der Waals surface area contributed by atoms with Crippen LogP contribution in [-0.2, 0) is 11.3 Å². The van der Waals surface area contributed by atoms with Crippen LogP contribution in [0.2, 0.25) is 5.02 Å². The van der Waals surface area contributed by atoms with Gasteiger partial charge in [-0.2, -0.15) is 0 Å². The molecule has 0 unspecified atom stereocenters. The van der Waals surface area contributed by atoms with E-state index in [9.17, 15) is 0 Å². The summed E-state index contributed by atoms with van der Waals surface area (Å²) in [5.74, 6) is 1.87. The summed E-state index contributed by atoms with van der Waals surface area (Å²) in [6.07, 6.45) is 2.79. The molecule has 1 aromatic heterocycles. The molecule has 1 atom stereocenters. The molecule has 21 heavy (non-hydrogen) atoms. The predicted octanol–water partition coefficient (Wildman–Crippen LogP) is 3.15. The van der Waals surface area contributed by atoms with E-state index < -0.39 is 0 Å². The van der Waals surface area contributed by atoms with E-state index in [1.165, 1.54) is 12.8 Å². The van der Waals surface area contributed by atoms with Gasteiger partial charge >= 0.3 is 0 Å². The van der Waals surface area contributed by atoms with Gasteiger partial charge in [0, 0.05) is 17.2 Å².